The van der Waals surface area contributed by atoms with E-state index in [4.69, 9.17) is 4.74 Å². The normalized spacial score (nSPS) is 22.7. The number of amides is 1. The number of pyridine rings is 1. The van der Waals surface area contributed by atoms with Crippen molar-refractivity contribution in [3.05, 3.63) is 36.5 Å². The molecule has 1 aromatic carbocycles. The molecular formula is C18H21N3O4S. The van der Waals surface area contributed by atoms with Crippen LogP contribution in [0.3, 0.4) is 0 Å². The third kappa shape index (κ3) is 2.83. The van der Waals surface area contributed by atoms with Gasteiger partial charge in [-0.3, -0.25) is 9.88 Å². The Morgan fingerprint density at radius 1 is 1.15 bits per heavy atom. The maximum absolute atomic E-state index is 13.1. The molecule has 2 aliphatic heterocycles. The van der Waals surface area contributed by atoms with Crippen LogP contribution in [0.2, 0.25) is 0 Å². The zero-order valence-electron chi connectivity index (χ0n) is 14.5. The summed E-state index contributed by atoms with van der Waals surface area (Å²) in [5.74, 6) is 0. The van der Waals surface area contributed by atoms with Crippen molar-refractivity contribution in [2.24, 2.45) is 0 Å². The Balaban J connectivity index is 1.56. The van der Waals surface area contributed by atoms with Crippen LogP contribution in [0.1, 0.15) is 19.8 Å². The Kier molecular flexibility index (Phi) is 4.32. The molecule has 2 aliphatic rings. The second-order valence-corrected chi connectivity index (χ2v) is 8.71. The summed E-state index contributed by atoms with van der Waals surface area (Å²) in [6.07, 6.45) is 2.53. The zero-order chi connectivity index (χ0) is 18.3. The van der Waals surface area contributed by atoms with E-state index in [-0.39, 0.29) is 23.1 Å². The van der Waals surface area contributed by atoms with Crippen LogP contribution in [0, 0.1) is 0 Å². The highest BCUT2D eigenvalue weighted by Gasteiger charge is 2.39. The van der Waals surface area contributed by atoms with Crippen molar-refractivity contribution in [1.82, 2.24) is 14.2 Å². The van der Waals surface area contributed by atoms with Crippen LogP contribution < -0.4 is 0 Å². The van der Waals surface area contributed by atoms with Gasteiger partial charge >= 0.3 is 6.09 Å². The van der Waals surface area contributed by atoms with Crippen molar-refractivity contribution in [3.8, 4) is 0 Å². The van der Waals surface area contributed by atoms with Gasteiger partial charge in [-0.1, -0.05) is 18.2 Å². The Morgan fingerprint density at radius 2 is 1.88 bits per heavy atom. The summed E-state index contributed by atoms with van der Waals surface area (Å²) in [6.45, 7) is 3.12. The number of hydrogen-bond donors (Lipinski definition) is 0. The first-order chi connectivity index (χ1) is 12.5. The first kappa shape index (κ1) is 17.2. The number of cyclic esters (lactones) is 1. The molecule has 0 spiro atoms. The zero-order valence-corrected chi connectivity index (χ0v) is 15.4. The number of nitrogens with zero attached hydrogens (tertiary/aromatic N) is 3. The molecule has 1 aromatic heterocycles. The Hall–Kier alpha value is -2.19. The molecule has 2 fully saturated rings. The number of ether oxygens (including phenoxy) is 1. The van der Waals surface area contributed by atoms with Crippen molar-refractivity contribution in [2.45, 2.75) is 36.7 Å². The minimum absolute atomic E-state index is 0.0251. The molecular weight excluding hydrogens is 354 g/mol. The van der Waals surface area contributed by atoms with E-state index in [0.717, 1.165) is 5.39 Å². The summed E-state index contributed by atoms with van der Waals surface area (Å²) < 4.78 is 32.9. The topological polar surface area (TPSA) is 79.8 Å². The van der Waals surface area contributed by atoms with Gasteiger partial charge in [0, 0.05) is 30.7 Å². The molecule has 1 unspecified atom stereocenters. The number of piperidine rings is 1. The number of para-hydroxylation sites is 1. The van der Waals surface area contributed by atoms with E-state index >= 15 is 0 Å². The van der Waals surface area contributed by atoms with Gasteiger partial charge in [0.25, 0.3) is 0 Å². The molecule has 2 aromatic rings. The first-order valence-corrected chi connectivity index (χ1v) is 10.2. The minimum Gasteiger partial charge on any atom is -0.447 e. The fourth-order valence-corrected chi connectivity index (χ4v) is 5.45. The predicted octanol–water partition coefficient (Wildman–Crippen LogP) is 2.23. The number of carbonyl (C=O) groups excluding carboxylic acids is 1. The highest BCUT2D eigenvalue weighted by atomic mass is 32.2. The molecule has 8 heteroatoms. The van der Waals surface area contributed by atoms with Gasteiger partial charge in [-0.05, 0) is 31.9 Å². The maximum Gasteiger partial charge on any atom is 0.410 e. The lowest BCUT2D eigenvalue weighted by molar-refractivity contribution is 0.127. The fraction of sp³-hybridized carbons (Fsp3) is 0.444. The van der Waals surface area contributed by atoms with Crippen molar-refractivity contribution in [1.29, 1.82) is 0 Å². The van der Waals surface area contributed by atoms with Crippen LogP contribution in [0.4, 0.5) is 4.79 Å². The summed E-state index contributed by atoms with van der Waals surface area (Å²) in [7, 11) is -3.63. The van der Waals surface area contributed by atoms with Crippen molar-refractivity contribution in [2.75, 3.05) is 19.7 Å². The van der Waals surface area contributed by atoms with E-state index in [2.05, 4.69) is 4.98 Å². The molecule has 0 saturated carbocycles. The molecule has 1 atom stereocenters. The number of benzene rings is 1. The molecule has 138 valence electrons. The van der Waals surface area contributed by atoms with Crippen molar-refractivity contribution in [3.63, 3.8) is 0 Å². The third-order valence-electron chi connectivity index (χ3n) is 5.16. The lowest BCUT2D eigenvalue weighted by Crippen LogP contribution is -2.49. The second-order valence-electron chi connectivity index (χ2n) is 6.80. The maximum atomic E-state index is 13.1. The van der Waals surface area contributed by atoms with Gasteiger partial charge in [0.1, 0.15) is 11.5 Å². The Bertz CT molecular complexity index is 933. The van der Waals surface area contributed by atoms with E-state index in [1.54, 1.807) is 29.3 Å². The number of carbonyl (C=O) groups is 1. The van der Waals surface area contributed by atoms with E-state index in [1.807, 2.05) is 19.1 Å². The highest BCUT2D eigenvalue weighted by Crippen LogP contribution is 2.29. The van der Waals surface area contributed by atoms with Gasteiger partial charge in [-0.25, -0.2) is 13.2 Å². The number of fused-ring (bicyclic) bond motifs is 1. The standard InChI is InChI=1S/C18H21N3O4S/c1-13-12-25-18(22)21(13)15-7-10-20(11-8-15)26(23,24)16-6-2-4-14-5-3-9-19-17(14)16/h2-6,9,13,15H,7-8,10-12H2,1H3. The monoisotopic (exact) mass is 375 g/mol. The van der Waals surface area contributed by atoms with Crippen molar-refractivity contribution < 1.29 is 17.9 Å². The second kappa shape index (κ2) is 6.51. The van der Waals surface area contributed by atoms with Gasteiger partial charge in [-0.15, -0.1) is 0 Å². The summed E-state index contributed by atoms with van der Waals surface area (Å²) in [4.78, 5) is 18.2. The smallest absolute Gasteiger partial charge is 0.410 e. The average molecular weight is 375 g/mol. The Labute approximate surface area is 152 Å². The van der Waals surface area contributed by atoms with Crippen LogP contribution in [0.15, 0.2) is 41.4 Å². The van der Waals surface area contributed by atoms with Gasteiger partial charge in [-0.2, -0.15) is 4.31 Å². The van der Waals surface area contributed by atoms with Crippen LogP contribution in [-0.2, 0) is 14.8 Å². The quantitative estimate of drug-likeness (QED) is 0.822. The third-order valence-corrected chi connectivity index (χ3v) is 7.09. The van der Waals surface area contributed by atoms with Crippen LogP contribution in [0.25, 0.3) is 10.9 Å². The summed E-state index contributed by atoms with van der Waals surface area (Å²) >= 11 is 0. The van der Waals surface area contributed by atoms with Crippen LogP contribution in [-0.4, -0.2) is 60.5 Å². The lowest BCUT2D eigenvalue weighted by Gasteiger charge is -2.36. The lowest BCUT2D eigenvalue weighted by atomic mass is 10.0. The van der Waals surface area contributed by atoms with Crippen LogP contribution >= 0.6 is 0 Å². The van der Waals surface area contributed by atoms with E-state index in [0.29, 0.717) is 38.1 Å². The van der Waals surface area contributed by atoms with Crippen LogP contribution in [0.5, 0.6) is 0 Å². The molecule has 7 nitrogen and oxygen atoms in total. The number of aromatic nitrogens is 1. The molecule has 1 amide bonds. The fourth-order valence-electron chi connectivity index (χ4n) is 3.82. The molecule has 3 heterocycles. The number of sulfonamides is 1. The first-order valence-electron chi connectivity index (χ1n) is 8.77. The number of rotatable bonds is 3. The highest BCUT2D eigenvalue weighted by molar-refractivity contribution is 7.89. The van der Waals surface area contributed by atoms with Gasteiger partial charge in [0.05, 0.1) is 11.6 Å². The van der Waals surface area contributed by atoms with Gasteiger partial charge in [0.2, 0.25) is 10.0 Å². The minimum atomic E-state index is -3.63. The SMILES string of the molecule is CC1COC(=O)N1C1CCN(S(=O)(=O)c2cccc3cccnc23)CC1. The molecule has 26 heavy (non-hydrogen) atoms. The molecule has 2 saturated heterocycles. The summed E-state index contributed by atoms with van der Waals surface area (Å²) in [6, 6.07) is 8.92. The average Bonchev–Trinajstić information content (AvgIpc) is 2.99. The largest absolute Gasteiger partial charge is 0.447 e. The molecule has 0 radical (unpaired) electrons. The molecule has 4 rings (SSSR count). The molecule has 0 aliphatic carbocycles. The summed E-state index contributed by atoms with van der Waals surface area (Å²) in [5.41, 5.74) is 0.494. The van der Waals surface area contributed by atoms with Crippen molar-refractivity contribution >= 4 is 27.0 Å². The van der Waals surface area contributed by atoms with E-state index in [9.17, 15) is 13.2 Å². The number of hydrogen-bond acceptors (Lipinski definition) is 5. The van der Waals surface area contributed by atoms with E-state index < -0.39 is 10.0 Å². The van der Waals surface area contributed by atoms with Gasteiger partial charge in [0.15, 0.2) is 0 Å². The molecule has 0 N–H and O–H groups in total. The predicted molar refractivity (Wildman–Crippen MR) is 96.2 cm³/mol. The van der Waals surface area contributed by atoms with E-state index in [1.165, 1.54) is 4.31 Å². The summed E-state index contributed by atoms with van der Waals surface area (Å²) in [5, 5.41) is 0.803. The Morgan fingerprint density at radius 3 is 2.58 bits per heavy atom. The molecule has 0 bridgehead atoms. The van der Waals surface area contributed by atoms with Gasteiger partial charge < -0.3 is 4.74 Å².